The number of hydrogen-bond acceptors (Lipinski definition) is 6. The molecule has 1 saturated carbocycles. The van der Waals surface area contributed by atoms with E-state index >= 15 is 0 Å². The number of benzene rings is 3. The number of halogens is 3. The van der Waals surface area contributed by atoms with E-state index in [1.54, 1.807) is 7.11 Å². The molecule has 0 aliphatic heterocycles. The van der Waals surface area contributed by atoms with Crippen LogP contribution in [0.1, 0.15) is 55.3 Å². The summed E-state index contributed by atoms with van der Waals surface area (Å²) >= 11 is 1.45. The maximum atomic E-state index is 13.1. The van der Waals surface area contributed by atoms with E-state index in [1.807, 2.05) is 53.3 Å². The summed E-state index contributed by atoms with van der Waals surface area (Å²) in [6, 6.07) is 19.4. The zero-order chi connectivity index (χ0) is 32.6. The van der Waals surface area contributed by atoms with Gasteiger partial charge >= 0.3 is 6.36 Å². The minimum Gasteiger partial charge on any atom is -0.497 e. The average molecular weight is 648 g/mol. The molecule has 1 fully saturated rings. The number of rotatable bonds is 9. The molecule has 46 heavy (non-hydrogen) atoms. The predicted molar refractivity (Wildman–Crippen MR) is 169 cm³/mol. The molecule has 0 bridgehead atoms. The van der Waals surface area contributed by atoms with Crippen LogP contribution in [0.5, 0.6) is 11.5 Å². The summed E-state index contributed by atoms with van der Waals surface area (Å²) in [6.07, 6.45) is -1.96. The Morgan fingerprint density at radius 2 is 1.78 bits per heavy atom. The smallest absolute Gasteiger partial charge is 0.497 e. The molecule has 5 aromatic rings. The van der Waals surface area contributed by atoms with E-state index in [1.165, 1.54) is 46.6 Å². The number of methoxy groups -OCH3 is 1. The van der Waals surface area contributed by atoms with Gasteiger partial charge in [0.1, 0.15) is 17.8 Å². The van der Waals surface area contributed by atoms with Crippen molar-refractivity contribution in [1.29, 1.82) is 0 Å². The molecule has 238 valence electrons. The quantitative estimate of drug-likeness (QED) is 0.163. The summed E-state index contributed by atoms with van der Waals surface area (Å²) in [6.45, 7) is 6.29. The van der Waals surface area contributed by atoms with Gasteiger partial charge in [0.05, 0.1) is 18.5 Å². The fourth-order valence-corrected chi connectivity index (χ4v) is 6.44. The Hall–Kier alpha value is -4.71. The Bertz CT molecular complexity index is 1930. The number of ether oxygens (including phenoxy) is 2. The highest BCUT2D eigenvalue weighted by Gasteiger charge is 2.39. The minimum atomic E-state index is -4.75. The van der Waals surface area contributed by atoms with Crippen LogP contribution in [-0.2, 0) is 4.79 Å². The highest BCUT2D eigenvalue weighted by molar-refractivity contribution is 7.07. The number of alkyl halides is 3. The topological polar surface area (TPSA) is 83.5 Å². The fraction of sp³-hybridized carbons (Fsp3) is 0.294. The SMILES string of the molecule is COc1ccc(C(C)C)c(-n2c(C)csc2=NC(=O)CC2CC2c2ccc(-c3ncn(-c4ccc(OC(F)(F)F)cc4)n3)cc2)c1. The zero-order valence-corrected chi connectivity index (χ0v) is 26.5. The van der Waals surface area contributed by atoms with Crippen LogP contribution in [0.2, 0.25) is 0 Å². The van der Waals surface area contributed by atoms with E-state index in [0.717, 1.165) is 40.2 Å². The van der Waals surface area contributed by atoms with Gasteiger partial charge in [-0.05, 0) is 72.6 Å². The van der Waals surface area contributed by atoms with Gasteiger partial charge in [-0.2, -0.15) is 4.99 Å². The summed E-state index contributed by atoms with van der Waals surface area (Å²) in [7, 11) is 1.64. The van der Waals surface area contributed by atoms with E-state index in [-0.39, 0.29) is 29.4 Å². The lowest BCUT2D eigenvalue weighted by molar-refractivity contribution is -0.274. The molecule has 6 rings (SSSR count). The van der Waals surface area contributed by atoms with Crippen molar-refractivity contribution in [3.63, 3.8) is 0 Å². The van der Waals surface area contributed by atoms with Crippen LogP contribution in [0, 0.1) is 12.8 Å². The second kappa shape index (κ2) is 12.6. The summed E-state index contributed by atoms with van der Waals surface area (Å²) in [5.74, 6) is 1.57. The molecule has 1 aliphatic rings. The van der Waals surface area contributed by atoms with E-state index < -0.39 is 6.36 Å². The normalized spacial score (nSPS) is 16.6. The van der Waals surface area contributed by atoms with Crippen molar-refractivity contribution in [2.75, 3.05) is 7.11 Å². The Morgan fingerprint density at radius 1 is 1.07 bits per heavy atom. The molecule has 3 aromatic carbocycles. The number of aromatic nitrogens is 4. The lowest BCUT2D eigenvalue weighted by Crippen LogP contribution is -2.18. The standard InChI is InChI=1S/C34H32F3N5O3S/c1-20(2)28-14-13-27(44-4)17-30(28)42-21(3)18-46-33(42)39-31(43)16-24-15-29(24)22-5-7-23(8-6-22)32-38-19-41(40-32)25-9-11-26(12-10-25)45-34(35,36)37/h5-14,17-20,24,29H,15-16H2,1-4H3. The minimum absolute atomic E-state index is 0.138. The molecule has 0 radical (unpaired) electrons. The van der Waals surface area contributed by atoms with Gasteiger partial charge < -0.3 is 9.47 Å². The van der Waals surface area contributed by atoms with Crippen LogP contribution in [-0.4, -0.2) is 38.7 Å². The number of aryl methyl sites for hydroxylation is 1. The maximum absolute atomic E-state index is 13.1. The number of carbonyl (C=O) groups excluding carboxylic acids is 1. The van der Waals surface area contributed by atoms with Crippen LogP contribution in [0.4, 0.5) is 13.2 Å². The Kier molecular flexibility index (Phi) is 8.56. The predicted octanol–water partition coefficient (Wildman–Crippen LogP) is 7.75. The van der Waals surface area contributed by atoms with Crippen molar-refractivity contribution < 1.29 is 27.4 Å². The average Bonchev–Trinajstić information content (AvgIpc) is 3.42. The van der Waals surface area contributed by atoms with Crippen molar-refractivity contribution in [3.05, 3.63) is 100 Å². The third-order valence-corrected chi connectivity index (χ3v) is 8.93. The molecular weight excluding hydrogens is 615 g/mol. The maximum Gasteiger partial charge on any atom is 0.573 e. The van der Waals surface area contributed by atoms with Crippen LogP contribution in [0.25, 0.3) is 22.8 Å². The first-order chi connectivity index (χ1) is 22.0. The van der Waals surface area contributed by atoms with Gasteiger partial charge in [0, 0.05) is 29.1 Å². The molecule has 2 aromatic heterocycles. The van der Waals surface area contributed by atoms with E-state index in [0.29, 0.717) is 22.7 Å². The molecule has 2 atom stereocenters. The van der Waals surface area contributed by atoms with Crippen molar-refractivity contribution in [2.24, 2.45) is 10.9 Å². The van der Waals surface area contributed by atoms with Gasteiger partial charge in [-0.1, -0.05) is 44.2 Å². The second-order valence-corrected chi connectivity index (χ2v) is 12.4. The molecule has 0 saturated heterocycles. The van der Waals surface area contributed by atoms with Crippen LogP contribution >= 0.6 is 11.3 Å². The fourth-order valence-electron chi connectivity index (χ4n) is 5.55. The lowest BCUT2D eigenvalue weighted by atomic mass is 10.0. The van der Waals surface area contributed by atoms with Gasteiger partial charge in [-0.15, -0.1) is 29.6 Å². The first-order valence-corrected chi connectivity index (χ1v) is 15.7. The number of carbonyl (C=O) groups is 1. The molecule has 2 heterocycles. The number of hydrogen-bond donors (Lipinski definition) is 0. The van der Waals surface area contributed by atoms with Crippen LogP contribution < -0.4 is 14.3 Å². The first-order valence-electron chi connectivity index (χ1n) is 14.8. The molecular formula is C34H32F3N5O3S. The highest BCUT2D eigenvalue weighted by Crippen LogP contribution is 2.49. The van der Waals surface area contributed by atoms with E-state index in [2.05, 4.69) is 39.7 Å². The second-order valence-electron chi connectivity index (χ2n) is 11.6. The van der Waals surface area contributed by atoms with Crippen LogP contribution in [0.3, 0.4) is 0 Å². The van der Waals surface area contributed by atoms with Gasteiger partial charge in [-0.3, -0.25) is 9.36 Å². The van der Waals surface area contributed by atoms with E-state index in [9.17, 15) is 18.0 Å². The molecule has 8 nitrogen and oxygen atoms in total. The van der Waals surface area contributed by atoms with Gasteiger partial charge in [-0.25, -0.2) is 9.67 Å². The lowest BCUT2D eigenvalue weighted by Gasteiger charge is -2.16. The van der Waals surface area contributed by atoms with Gasteiger partial charge in [0.2, 0.25) is 5.91 Å². The Labute approximate surface area is 267 Å². The summed E-state index contributed by atoms with van der Waals surface area (Å²) < 4.78 is 50.3. The summed E-state index contributed by atoms with van der Waals surface area (Å²) in [5, 5.41) is 6.48. The molecule has 0 N–H and O–H groups in total. The van der Waals surface area contributed by atoms with Crippen molar-refractivity contribution in [3.8, 4) is 34.3 Å². The van der Waals surface area contributed by atoms with Crippen molar-refractivity contribution in [1.82, 2.24) is 19.3 Å². The molecule has 1 amide bonds. The van der Waals surface area contributed by atoms with Gasteiger partial charge in [0.15, 0.2) is 10.6 Å². The molecule has 2 unspecified atom stereocenters. The highest BCUT2D eigenvalue weighted by atomic mass is 32.1. The molecule has 0 spiro atoms. The largest absolute Gasteiger partial charge is 0.573 e. The number of nitrogens with zero attached hydrogens (tertiary/aromatic N) is 5. The monoisotopic (exact) mass is 647 g/mol. The molecule has 12 heteroatoms. The third-order valence-electron chi connectivity index (χ3n) is 7.98. The summed E-state index contributed by atoms with van der Waals surface area (Å²) in [5.41, 5.74) is 5.62. The number of thiazole rings is 1. The summed E-state index contributed by atoms with van der Waals surface area (Å²) in [4.78, 5) is 22.7. The third kappa shape index (κ3) is 6.91. The number of amides is 1. The Balaban J connectivity index is 1.11. The van der Waals surface area contributed by atoms with Crippen LogP contribution in [0.15, 0.2) is 83.4 Å². The zero-order valence-electron chi connectivity index (χ0n) is 25.7. The van der Waals surface area contributed by atoms with Gasteiger partial charge in [0.25, 0.3) is 0 Å². The van der Waals surface area contributed by atoms with E-state index in [4.69, 9.17) is 4.74 Å². The Morgan fingerprint density at radius 3 is 2.46 bits per heavy atom. The molecule has 1 aliphatic carbocycles. The first kappa shape index (κ1) is 31.3. The van der Waals surface area contributed by atoms with Crippen molar-refractivity contribution >= 4 is 17.2 Å². The van der Waals surface area contributed by atoms with Crippen molar-refractivity contribution in [2.45, 2.75) is 51.8 Å².